The highest BCUT2D eigenvalue weighted by Crippen LogP contribution is 2.22. The molecule has 2 aromatic carbocycles. The zero-order chi connectivity index (χ0) is 20.8. The first-order chi connectivity index (χ1) is 14.0. The molecule has 1 heterocycles. The van der Waals surface area contributed by atoms with Crippen LogP contribution < -0.4 is 10.2 Å². The molecule has 1 amide bonds. The number of rotatable bonds is 7. The summed E-state index contributed by atoms with van der Waals surface area (Å²) in [6.45, 7) is 9.49. The highest BCUT2D eigenvalue weighted by atomic mass is 16.3. The van der Waals surface area contributed by atoms with Gasteiger partial charge in [0.2, 0.25) is 0 Å². The maximum Gasteiger partial charge on any atom is 0.253 e. The molecule has 0 bridgehead atoms. The Hall–Kier alpha value is -2.37. The summed E-state index contributed by atoms with van der Waals surface area (Å²) in [4.78, 5) is 16.6. The third kappa shape index (κ3) is 5.17. The van der Waals surface area contributed by atoms with Gasteiger partial charge in [0.15, 0.2) is 0 Å². The number of aliphatic hydroxyl groups excluding tert-OH is 1. The lowest BCUT2D eigenvalue weighted by Crippen LogP contribution is -2.57. The predicted octanol–water partition coefficient (Wildman–Crippen LogP) is 2.92. The van der Waals surface area contributed by atoms with Crippen LogP contribution in [-0.4, -0.2) is 60.8 Å². The molecule has 5 nitrogen and oxygen atoms in total. The number of piperazine rings is 1. The molecule has 0 spiro atoms. The smallest absolute Gasteiger partial charge is 0.253 e. The molecule has 156 valence electrons. The average Bonchev–Trinajstić information content (AvgIpc) is 2.75. The fourth-order valence-corrected chi connectivity index (χ4v) is 3.93. The quantitative estimate of drug-likeness (QED) is 0.757. The molecule has 3 rings (SSSR count). The maximum atomic E-state index is 12.4. The van der Waals surface area contributed by atoms with Gasteiger partial charge in [-0.1, -0.05) is 24.3 Å². The highest BCUT2D eigenvalue weighted by molar-refractivity contribution is 5.94. The fourth-order valence-electron chi connectivity index (χ4n) is 3.93. The molecular weight excluding hydrogens is 362 g/mol. The minimum Gasteiger partial charge on any atom is -0.394 e. The van der Waals surface area contributed by atoms with Crippen molar-refractivity contribution in [2.75, 3.05) is 37.7 Å². The number of anilines is 1. The van der Waals surface area contributed by atoms with Crippen molar-refractivity contribution in [3.63, 3.8) is 0 Å². The first kappa shape index (κ1) is 21.3. The normalized spacial score (nSPS) is 19.2. The van der Waals surface area contributed by atoms with Crippen molar-refractivity contribution in [1.82, 2.24) is 10.2 Å². The second kappa shape index (κ2) is 9.90. The second-order valence-electron chi connectivity index (χ2n) is 7.82. The van der Waals surface area contributed by atoms with E-state index in [0.717, 1.165) is 43.9 Å². The van der Waals surface area contributed by atoms with Crippen molar-refractivity contribution in [2.24, 2.45) is 0 Å². The van der Waals surface area contributed by atoms with Gasteiger partial charge >= 0.3 is 0 Å². The van der Waals surface area contributed by atoms with Crippen molar-refractivity contribution in [2.45, 2.75) is 39.3 Å². The van der Waals surface area contributed by atoms with E-state index in [9.17, 15) is 9.90 Å². The Bertz CT molecular complexity index is 785. The van der Waals surface area contributed by atoms with Crippen LogP contribution in [0.3, 0.4) is 0 Å². The molecule has 0 aliphatic carbocycles. The van der Waals surface area contributed by atoms with E-state index in [0.29, 0.717) is 6.04 Å². The van der Waals surface area contributed by atoms with E-state index >= 15 is 0 Å². The largest absolute Gasteiger partial charge is 0.394 e. The third-order valence-electron chi connectivity index (χ3n) is 5.75. The summed E-state index contributed by atoms with van der Waals surface area (Å²) in [5.74, 6) is 0.0922. The summed E-state index contributed by atoms with van der Waals surface area (Å²) < 4.78 is 0. The number of nitrogens with one attached hydrogen (secondary N) is 1. The molecule has 1 aliphatic heterocycles. The van der Waals surface area contributed by atoms with Gasteiger partial charge in [-0.15, -0.1) is 0 Å². The number of aliphatic hydroxyl groups is 1. The number of amides is 1. The minimum atomic E-state index is 0.0922. The van der Waals surface area contributed by atoms with Crippen LogP contribution in [-0.2, 0) is 6.42 Å². The Kier molecular flexibility index (Phi) is 7.29. The van der Waals surface area contributed by atoms with Crippen LogP contribution in [0.4, 0.5) is 5.69 Å². The summed E-state index contributed by atoms with van der Waals surface area (Å²) >= 11 is 0. The number of hydrogen-bond donors (Lipinski definition) is 2. The molecule has 2 N–H and O–H groups in total. The average molecular weight is 396 g/mol. The van der Waals surface area contributed by atoms with Crippen LogP contribution in [0.25, 0.3) is 0 Å². The molecule has 0 radical (unpaired) electrons. The van der Waals surface area contributed by atoms with E-state index < -0.39 is 0 Å². The molecule has 1 saturated heterocycles. The zero-order valence-electron chi connectivity index (χ0n) is 17.8. The first-order valence-corrected chi connectivity index (χ1v) is 10.6. The van der Waals surface area contributed by atoms with Gasteiger partial charge < -0.3 is 20.2 Å². The Balaban J connectivity index is 1.66. The van der Waals surface area contributed by atoms with Gasteiger partial charge in [-0.25, -0.2) is 0 Å². The lowest BCUT2D eigenvalue weighted by molar-refractivity contribution is 0.0773. The van der Waals surface area contributed by atoms with Gasteiger partial charge in [0.05, 0.1) is 12.6 Å². The lowest BCUT2D eigenvalue weighted by Gasteiger charge is -2.40. The van der Waals surface area contributed by atoms with Crippen LogP contribution in [0.15, 0.2) is 48.5 Å². The summed E-state index contributed by atoms with van der Waals surface area (Å²) in [5.41, 5.74) is 4.33. The number of carbonyl (C=O) groups is 1. The molecule has 2 aromatic rings. The minimum absolute atomic E-state index is 0.0922. The third-order valence-corrected chi connectivity index (χ3v) is 5.75. The van der Waals surface area contributed by atoms with Crippen molar-refractivity contribution in [3.8, 4) is 0 Å². The van der Waals surface area contributed by atoms with Gasteiger partial charge in [-0.3, -0.25) is 4.79 Å². The van der Waals surface area contributed by atoms with Gasteiger partial charge in [0.1, 0.15) is 0 Å². The van der Waals surface area contributed by atoms with E-state index in [4.69, 9.17) is 0 Å². The Labute approximate surface area is 174 Å². The van der Waals surface area contributed by atoms with E-state index in [1.165, 1.54) is 11.1 Å². The Morgan fingerprint density at radius 2 is 1.66 bits per heavy atom. The molecule has 0 aromatic heterocycles. The van der Waals surface area contributed by atoms with Crippen molar-refractivity contribution in [3.05, 3.63) is 65.2 Å². The zero-order valence-corrected chi connectivity index (χ0v) is 17.8. The predicted molar refractivity (Wildman–Crippen MR) is 119 cm³/mol. The molecular formula is C24H33N3O2. The topological polar surface area (TPSA) is 55.8 Å². The number of carbonyl (C=O) groups excluding carboxylic acids is 1. The molecule has 0 saturated carbocycles. The van der Waals surface area contributed by atoms with E-state index in [2.05, 4.69) is 41.4 Å². The summed E-state index contributed by atoms with van der Waals surface area (Å²) in [6, 6.07) is 17.1. The van der Waals surface area contributed by atoms with Gasteiger partial charge in [-0.05, 0) is 62.6 Å². The Morgan fingerprint density at radius 1 is 1.07 bits per heavy atom. The first-order valence-electron chi connectivity index (χ1n) is 10.6. The van der Waals surface area contributed by atoms with E-state index in [1.807, 2.05) is 43.0 Å². The van der Waals surface area contributed by atoms with Gasteiger partial charge in [0.25, 0.3) is 5.91 Å². The molecule has 1 aliphatic rings. The number of nitrogens with zero attached hydrogens (tertiary/aromatic N) is 2. The monoisotopic (exact) mass is 395 g/mol. The number of benzene rings is 2. The summed E-state index contributed by atoms with van der Waals surface area (Å²) in [6.07, 6.45) is 0.835. The van der Waals surface area contributed by atoms with Crippen LogP contribution in [0.2, 0.25) is 0 Å². The molecule has 29 heavy (non-hydrogen) atoms. The van der Waals surface area contributed by atoms with Crippen LogP contribution in [0, 0.1) is 0 Å². The molecule has 2 unspecified atom stereocenters. The molecule has 5 heteroatoms. The van der Waals surface area contributed by atoms with Crippen molar-refractivity contribution < 1.29 is 9.90 Å². The molecule has 1 fully saturated rings. The molecule has 2 atom stereocenters. The highest BCUT2D eigenvalue weighted by Gasteiger charge is 2.25. The van der Waals surface area contributed by atoms with E-state index in [-0.39, 0.29) is 18.6 Å². The SMILES string of the molecule is CCN(CC)C(=O)c1ccc(Cc2ccc(N3CC(C)NCC3CO)cc2)cc1. The summed E-state index contributed by atoms with van der Waals surface area (Å²) in [7, 11) is 0. The fraction of sp³-hybridized carbons (Fsp3) is 0.458. The Morgan fingerprint density at radius 3 is 2.21 bits per heavy atom. The van der Waals surface area contributed by atoms with Crippen molar-refractivity contribution in [1.29, 1.82) is 0 Å². The van der Waals surface area contributed by atoms with E-state index in [1.54, 1.807) is 0 Å². The van der Waals surface area contributed by atoms with Crippen LogP contribution in [0.1, 0.15) is 42.3 Å². The standard InChI is InChI=1S/C24H33N3O2/c1-4-26(5-2)24(29)21-10-6-19(7-11-21)14-20-8-12-22(13-9-20)27-16-18(3)25-15-23(27)17-28/h6-13,18,23,25,28H,4-5,14-17H2,1-3H3. The van der Waals surface area contributed by atoms with Gasteiger partial charge in [0, 0.05) is 43.5 Å². The van der Waals surface area contributed by atoms with Crippen molar-refractivity contribution >= 4 is 11.6 Å². The summed E-state index contributed by atoms with van der Waals surface area (Å²) in [5, 5.41) is 13.1. The van der Waals surface area contributed by atoms with Crippen LogP contribution >= 0.6 is 0 Å². The maximum absolute atomic E-state index is 12.4. The van der Waals surface area contributed by atoms with Crippen LogP contribution in [0.5, 0.6) is 0 Å². The second-order valence-corrected chi connectivity index (χ2v) is 7.82. The lowest BCUT2D eigenvalue weighted by atomic mass is 10.0. The van der Waals surface area contributed by atoms with Gasteiger partial charge in [-0.2, -0.15) is 0 Å². The number of hydrogen-bond acceptors (Lipinski definition) is 4.